The van der Waals surface area contributed by atoms with E-state index in [1.807, 2.05) is 22.9 Å². The average molecular weight is 417 g/mol. The Morgan fingerprint density at radius 1 is 1.29 bits per heavy atom. The van der Waals surface area contributed by atoms with E-state index in [2.05, 4.69) is 9.88 Å². The summed E-state index contributed by atoms with van der Waals surface area (Å²) in [5.41, 5.74) is 1.50. The smallest absolute Gasteiger partial charge is 0.328 e. The van der Waals surface area contributed by atoms with Crippen molar-refractivity contribution in [2.75, 3.05) is 18.6 Å². The van der Waals surface area contributed by atoms with Crippen LogP contribution < -0.4 is 4.90 Å². The Balaban J connectivity index is 1.71. The van der Waals surface area contributed by atoms with Gasteiger partial charge in [0.25, 0.3) is 0 Å². The fraction of sp³-hybridized carbons (Fsp3) is 0.350. The maximum Gasteiger partial charge on any atom is 0.328 e. The summed E-state index contributed by atoms with van der Waals surface area (Å²) in [6, 6.07) is 5.33. The zero-order valence-electron chi connectivity index (χ0n) is 15.2. The SMILES string of the molecule is COC(=O)[C@@H]1C2CCC2CN1c1cc(-n2ccnc2)c2ccc(Cl)c(Cl)c2n1. The molecular weight excluding hydrogens is 399 g/mol. The molecule has 28 heavy (non-hydrogen) atoms. The van der Waals surface area contributed by atoms with Crippen molar-refractivity contribution >= 4 is 45.9 Å². The average Bonchev–Trinajstić information content (AvgIpc) is 3.30. The van der Waals surface area contributed by atoms with E-state index in [4.69, 9.17) is 32.9 Å². The highest BCUT2D eigenvalue weighted by atomic mass is 35.5. The minimum atomic E-state index is -0.317. The van der Waals surface area contributed by atoms with Crippen LogP contribution in [0.15, 0.2) is 36.9 Å². The molecule has 0 amide bonds. The summed E-state index contributed by atoms with van der Waals surface area (Å²) >= 11 is 12.8. The standard InChI is InChI=1S/C20H18Cl2N4O2/c1-28-20(27)19-12-3-2-11(12)9-26(19)16-8-15(25-7-6-23-10-25)13-4-5-14(21)17(22)18(13)24-16/h4-8,10-12,19H,2-3,9H2,1H3/t11?,12?,19-/m0/s1. The summed E-state index contributed by atoms with van der Waals surface area (Å²) in [6.45, 7) is 0.782. The van der Waals surface area contributed by atoms with Gasteiger partial charge >= 0.3 is 5.97 Å². The van der Waals surface area contributed by atoms with Gasteiger partial charge in [0.1, 0.15) is 11.9 Å². The maximum absolute atomic E-state index is 12.5. The summed E-state index contributed by atoms with van der Waals surface area (Å²) in [5, 5.41) is 1.72. The third-order valence-electron chi connectivity index (χ3n) is 6.01. The van der Waals surface area contributed by atoms with Crippen LogP contribution in [0, 0.1) is 11.8 Å². The molecular formula is C20H18Cl2N4O2. The number of hydrogen-bond acceptors (Lipinski definition) is 5. The number of imidazole rings is 1. The molecule has 2 fully saturated rings. The van der Waals surface area contributed by atoms with Gasteiger partial charge in [0, 0.05) is 30.4 Å². The summed E-state index contributed by atoms with van der Waals surface area (Å²) in [6.07, 6.45) is 7.48. The van der Waals surface area contributed by atoms with Crippen molar-refractivity contribution in [3.63, 3.8) is 0 Å². The predicted molar refractivity (Wildman–Crippen MR) is 108 cm³/mol. The van der Waals surface area contributed by atoms with E-state index in [9.17, 15) is 4.79 Å². The molecule has 6 nitrogen and oxygen atoms in total. The van der Waals surface area contributed by atoms with Gasteiger partial charge in [-0.15, -0.1) is 0 Å². The van der Waals surface area contributed by atoms with Gasteiger partial charge in [-0.3, -0.25) is 0 Å². The van der Waals surface area contributed by atoms with Crippen molar-refractivity contribution in [3.05, 3.63) is 47.0 Å². The summed E-state index contributed by atoms with van der Waals surface area (Å²) < 4.78 is 7.01. The summed E-state index contributed by atoms with van der Waals surface area (Å²) in [4.78, 5) is 23.6. The molecule has 1 aliphatic carbocycles. The first-order valence-electron chi connectivity index (χ1n) is 9.20. The molecule has 3 aromatic rings. The minimum Gasteiger partial charge on any atom is -0.467 e. The van der Waals surface area contributed by atoms with Crippen LogP contribution in [0.25, 0.3) is 16.6 Å². The number of rotatable bonds is 3. The lowest BCUT2D eigenvalue weighted by Gasteiger charge is -2.32. The number of halogens is 2. The minimum absolute atomic E-state index is 0.213. The molecule has 144 valence electrons. The first-order valence-corrected chi connectivity index (χ1v) is 9.95. The molecule has 8 heteroatoms. The Labute approximate surface area is 172 Å². The van der Waals surface area contributed by atoms with Crippen molar-refractivity contribution < 1.29 is 9.53 Å². The number of carbonyl (C=O) groups excluding carboxylic acids is 1. The molecule has 2 aromatic heterocycles. The first-order chi connectivity index (χ1) is 13.6. The molecule has 1 saturated carbocycles. The molecule has 2 aliphatic rings. The van der Waals surface area contributed by atoms with Gasteiger partial charge in [-0.1, -0.05) is 23.2 Å². The van der Waals surface area contributed by atoms with Crippen LogP contribution in [0.3, 0.4) is 0 Å². The third kappa shape index (κ3) is 2.58. The van der Waals surface area contributed by atoms with Gasteiger partial charge in [-0.2, -0.15) is 0 Å². The Morgan fingerprint density at radius 3 is 2.82 bits per heavy atom. The Morgan fingerprint density at radius 2 is 2.14 bits per heavy atom. The number of anilines is 1. The van der Waals surface area contributed by atoms with E-state index >= 15 is 0 Å². The molecule has 3 heterocycles. The number of ether oxygens (including phenoxy) is 1. The van der Waals surface area contributed by atoms with Crippen LogP contribution in [0.5, 0.6) is 0 Å². The van der Waals surface area contributed by atoms with Crippen LogP contribution in [-0.2, 0) is 9.53 Å². The number of fused-ring (bicyclic) bond motifs is 2. The number of nitrogens with zero attached hydrogens (tertiary/aromatic N) is 4. The van der Waals surface area contributed by atoms with Crippen LogP contribution in [0.4, 0.5) is 5.82 Å². The van der Waals surface area contributed by atoms with Gasteiger partial charge in [-0.05, 0) is 36.8 Å². The zero-order valence-corrected chi connectivity index (χ0v) is 16.7. The normalized spacial score (nSPS) is 23.5. The number of aromatic nitrogens is 3. The molecule has 3 atom stereocenters. The number of methoxy groups -OCH3 is 1. The van der Waals surface area contributed by atoms with E-state index in [-0.39, 0.29) is 12.0 Å². The van der Waals surface area contributed by atoms with Crippen LogP contribution in [0.2, 0.25) is 10.0 Å². The number of hydrogen-bond donors (Lipinski definition) is 0. The number of carbonyl (C=O) groups is 1. The van der Waals surface area contributed by atoms with E-state index < -0.39 is 0 Å². The Kier molecular flexibility index (Phi) is 4.21. The van der Waals surface area contributed by atoms with Crippen LogP contribution in [-0.4, -0.2) is 40.2 Å². The second kappa shape index (κ2) is 6.64. The lowest BCUT2D eigenvalue weighted by molar-refractivity contribution is -0.143. The molecule has 0 bridgehead atoms. The Bertz CT molecular complexity index is 1070. The second-order valence-corrected chi connectivity index (χ2v) is 8.13. The predicted octanol–water partition coefficient (Wildman–Crippen LogP) is 4.12. The van der Waals surface area contributed by atoms with Gasteiger partial charge in [0.15, 0.2) is 0 Å². The molecule has 0 N–H and O–H groups in total. The topological polar surface area (TPSA) is 60.2 Å². The molecule has 1 aliphatic heterocycles. The first kappa shape index (κ1) is 17.8. The number of esters is 1. The molecule has 0 spiro atoms. The van der Waals surface area contributed by atoms with Gasteiger partial charge < -0.3 is 14.2 Å². The zero-order chi connectivity index (χ0) is 19.4. The largest absolute Gasteiger partial charge is 0.467 e. The fourth-order valence-electron chi connectivity index (χ4n) is 4.46. The molecule has 1 saturated heterocycles. The summed E-state index contributed by atoms with van der Waals surface area (Å²) in [5.74, 6) is 1.30. The monoisotopic (exact) mass is 416 g/mol. The molecule has 5 rings (SSSR count). The second-order valence-electron chi connectivity index (χ2n) is 7.35. The van der Waals surface area contributed by atoms with Crippen molar-refractivity contribution in [3.8, 4) is 5.69 Å². The highest BCUT2D eigenvalue weighted by molar-refractivity contribution is 6.45. The number of benzene rings is 1. The van der Waals surface area contributed by atoms with Crippen molar-refractivity contribution in [1.82, 2.24) is 14.5 Å². The van der Waals surface area contributed by atoms with Gasteiger partial charge in [0.2, 0.25) is 0 Å². The summed E-state index contributed by atoms with van der Waals surface area (Å²) in [7, 11) is 1.44. The van der Waals surface area contributed by atoms with E-state index in [1.54, 1.807) is 18.6 Å². The highest BCUT2D eigenvalue weighted by Crippen LogP contribution is 2.47. The van der Waals surface area contributed by atoms with E-state index in [0.717, 1.165) is 30.5 Å². The van der Waals surface area contributed by atoms with Gasteiger partial charge in [0.05, 0.1) is 34.7 Å². The molecule has 0 radical (unpaired) electrons. The van der Waals surface area contributed by atoms with Gasteiger partial charge in [-0.25, -0.2) is 14.8 Å². The number of pyridine rings is 1. The van der Waals surface area contributed by atoms with Crippen LogP contribution >= 0.6 is 23.2 Å². The van der Waals surface area contributed by atoms with Crippen molar-refractivity contribution in [1.29, 1.82) is 0 Å². The van der Waals surface area contributed by atoms with E-state index in [0.29, 0.717) is 33.2 Å². The maximum atomic E-state index is 12.5. The van der Waals surface area contributed by atoms with Crippen molar-refractivity contribution in [2.45, 2.75) is 18.9 Å². The quantitative estimate of drug-likeness (QED) is 0.601. The van der Waals surface area contributed by atoms with Crippen LogP contribution in [0.1, 0.15) is 12.8 Å². The molecule has 1 aromatic carbocycles. The van der Waals surface area contributed by atoms with E-state index in [1.165, 1.54) is 7.11 Å². The fourth-order valence-corrected chi connectivity index (χ4v) is 4.82. The lowest BCUT2D eigenvalue weighted by atomic mass is 9.73. The Hall–Kier alpha value is -2.31. The van der Waals surface area contributed by atoms with Crippen molar-refractivity contribution in [2.24, 2.45) is 11.8 Å². The lowest BCUT2D eigenvalue weighted by Crippen LogP contribution is -2.42. The third-order valence-corrected chi connectivity index (χ3v) is 6.80. The highest BCUT2D eigenvalue weighted by Gasteiger charge is 2.51. The molecule has 2 unspecified atom stereocenters.